The molecule has 6 rings (SSSR count). The van der Waals surface area contributed by atoms with Crippen LogP contribution in [0.25, 0.3) is 50.1 Å². The molecule has 0 N–H and O–H groups in total. The number of hydrogen-bond donors (Lipinski definition) is 0. The van der Waals surface area contributed by atoms with Gasteiger partial charge < -0.3 is 0 Å². The van der Waals surface area contributed by atoms with Crippen molar-refractivity contribution in [2.75, 3.05) is 0 Å². The van der Waals surface area contributed by atoms with Gasteiger partial charge >= 0.3 is 0 Å². The van der Waals surface area contributed by atoms with Crippen molar-refractivity contribution in [3.8, 4) is 22.6 Å². The van der Waals surface area contributed by atoms with Crippen LogP contribution < -0.4 is 0 Å². The molecule has 0 aliphatic carbocycles. The van der Waals surface area contributed by atoms with Crippen molar-refractivity contribution in [2.45, 2.75) is 0 Å². The minimum atomic E-state index is 0.587. The molecule has 6 aromatic rings. The van der Waals surface area contributed by atoms with E-state index in [4.69, 9.17) is 15.1 Å². The van der Waals surface area contributed by atoms with Crippen LogP contribution in [0, 0.1) is 0 Å². The van der Waals surface area contributed by atoms with E-state index in [0.29, 0.717) is 11.6 Å². The maximum absolute atomic E-state index is 4.93. The molecule has 0 bridgehead atoms. The van der Waals surface area contributed by atoms with E-state index in [1.807, 2.05) is 47.0 Å². The predicted octanol–water partition coefficient (Wildman–Crippen LogP) is 6.53. The second-order valence-electron chi connectivity index (χ2n) is 7.14. The van der Waals surface area contributed by atoms with Crippen LogP contribution in [0.15, 0.2) is 95.5 Å². The second-order valence-corrected chi connectivity index (χ2v) is 7.99. The van der Waals surface area contributed by atoms with Gasteiger partial charge in [0.05, 0.1) is 11.2 Å². The van der Waals surface area contributed by atoms with E-state index < -0.39 is 0 Å². The molecule has 0 saturated heterocycles. The van der Waals surface area contributed by atoms with Crippen molar-refractivity contribution >= 4 is 43.4 Å². The van der Waals surface area contributed by atoms with Crippen molar-refractivity contribution in [3.63, 3.8) is 0 Å². The van der Waals surface area contributed by atoms with Gasteiger partial charge in [-0.05, 0) is 23.6 Å². The summed E-state index contributed by atoms with van der Waals surface area (Å²) < 4.78 is 2.83. The average molecular weight is 451 g/mol. The van der Waals surface area contributed by atoms with E-state index in [1.165, 1.54) is 0 Å². The Morgan fingerprint density at radius 2 is 1.43 bits per heavy atom. The van der Waals surface area contributed by atoms with Gasteiger partial charge in [-0.1, -0.05) is 88.7 Å². The van der Waals surface area contributed by atoms with E-state index in [-0.39, 0.29) is 0 Å². The normalized spacial score (nSPS) is 11.5. The van der Waals surface area contributed by atoms with Crippen LogP contribution in [0.2, 0.25) is 0 Å². The van der Waals surface area contributed by atoms with Gasteiger partial charge in [-0.3, -0.25) is 0 Å². The molecule has 2 heterocycles. The molecular formula is C25H15BrN4. The van der Waals surface area contributed by atoms with Crippen LogP contribution in [-0.4, -0.2) is 19.6 Å². The molecule has 4 nitrogen and oxygen atoms in total. The number of halogens is 1. The van der Waals surface area contributed by atoms with Gasteiger partial charge in [0.1, 0.15) is 0 Å². The lowest BCUT2D eigenvalue weighted by Gasteiger charge is -2.10. The first-order chi connectivity index (χ1) is 14.8. The summed E-state index contributed by atoms with van der Waals surface area (Å²) in [6, 6.07) is 30.9. The van der Waals surface area contributed by atoms with Gasteiger partial charge in [-0.15, -0.1) is 5.10 Å². The molecule has 0 radical (unpaired) electrons. The second kappa shape index (κ2) is 6.75. The summed E-state index contributed by atoms with van der Waals surface area (Å²) in [6.45, 7) is 0. The van der Waals surface area contributed by atoms with Crippen LogP contribution in [0.5, 0.6) is 0 Å². The Morgan fingerprint density at radius 3 is 2.30 bits per heavy atom. The summed E-state index contributed by atoms with van der Waals surface area (Å²) in [6.07, 6.45) is 0. The average Bonchev–Trinajstić information content (AvgIpc) is 3.23. The molecule has 0 spiro atoms. The van der Waals surface area contributed by atoms with Crippen molar-refractivity contribution in [2.24, 2.45) is 0 Å². The summed E-state index contributed by atoms with van der Waals surface area (Å²) >= 11 is 3.62. The van der Waals surface area contributed by atoms with E-state index >= 15 is 0 Å². The lowest BCUT2D eigenvalue weighted by atomic mass is 10.0. The van der Waals surface area contributed by atoms with Crippen LogP contribution in [0.1, 0.15) is 0 Å². The molecule has 5 heteroatoms. The van der Waals surface area contributed by atoms with Crippen molar-refractivity contribution in [1.82, 2.24) is 19.6 Å². The van der Waals surface area contributed by atoms with E-state index in [9.17, 15) is 0 Å². The third-order valence-corrected chi connectivity index (χ3v) is 6.02. The third-order valence-electron chi connectivity index (χ3n) is 5.33. The Bertz CT molecular complexity index is 1550. The van der Waals surface area contributed by atoms with Crippen molar-refractivity contribution < 1.29 is 0 Å². The van der Waals surface area contributed by atoms with Gasteiger partial charge in [0.2, 0.25) is 0 Å². The Balaban J connectivity index is 1.78. The summed E-state index contributed by atoms with van der Waals surface area (Å²) in [4.78, 5) is 9.73. The maximum Gasteiger partial charge on any atom is 0.253 e. The minimum Gasteiger partial charge on any atom is -0.210 e. The standard InChI is InChI=1S/C25H15BrN4/c26-21-13-7-6-12-19(21)24-28-25-27-22(17-9-2-1-3-10-17)20-15-14-16-8-4-5-11-18(16)23(20)30(25)29-24/h1-15H. The zero-order chi connectivity index (χ0) is 20.1. The summed E-state index contributed by atoms with van der Waals surface area (Å²) in [5, 5.41) is 8.21. The fourth-order valence-electron chi connectivity index (χ4n) is 3.93. The van der Waals surface area contributed by atoms with E-state index in [0.717, 1.165) is 43.0 Å². The molecule has 0 atom stereocenters. The Morgan fingerprint density at radius 1 is 0.667 bits per heavy atom. The van der Waals surface area contributed by atoms with Crippen LogP contribution in [0.4, 0.5) is 0 Å². The van der Waals surface area contributed by atoms with Crippen LogP contribution in [0.3, 0.4) is 0 Å². The molecule has 4 aromatic carbocycles. The number of fused-ring (bicyclic) bond motifs is 5. The Labute approximate surface area is 181 Å². The monoisotopic (exact) mass is 450 g/mol. The summed E-state index contributed by atoms with van der Waals surface area (Å²) in [5.41, 5.74) is 3.93. The smallest absolute Gasteiger partial charge is 0.210 e. The first kappa shape index (κ1) is 17.3. The number of aromatic nitrogens is 4. The highest BCUT2D eigenvalue weighted by Crippen LogP contribution is 2.33. The first-order valence-electron chi connectivity index (χ1n) is 9.68. The highest BCUT2D eigenvalue weighted by Gasteiger charge is 2.17. The van der Waals surface area contributed by atoms with Crippen molar-refractivity contribution in [3.05, 3.63) is 95.5 Å². The Hall–Kier alpha value is -3.57. The van der Waals surface area contributed by atoms with Gasteiger partial charge in [0.25, 0.3) is 5.78 Å². The molecule has 0 fully saturated rings. The fourth-order valence-corrected chi connectivity index (χ4v) is 4.40. The molecule has 0 aliphatic rings. The van der Waals surface area contributed by atoms with Gasteiger partial charge in [0, 0.05) is 26.4 Å². The quantitative estimate of drug-likeness (QED) is 0.281. The third kappa shape index (κ3) is 2.63. The number of nitrogens with zero attached hydrogens (tertiary/aromatic N) is 4. The summed E-state index contributed by atoms with van der Waals surface area (Å²) in [5.74, 6) is 1.23. The lowest BCUT2D eigenvalue weighted by molar-refractivity contribution is 0.992. The largest absolute Gasteiger partial charge is 0.253 e. The molecule has 30 heavy (non-hydrogen) atoms. The highest BCUT2D eigenvalue weighted by atomic mass is 79.9. The fraction of sp³-hybridized carbons (Fsp3) is 0. The zero-order valence-corrected chi connectivity index (χ0v) is 17.4. The minimum absolute atomic E-state index is 0.587. The van der Waals surface area contributed by atoms with E-state index in [2.05, 4.69) is 64.5 Å². The summed E-state index contributed by atoms with van der Waals surface area (Å²) in [7, 11) is 0. The maximum atomic E-state index is 4.93. The molecule has 2 aromatic heterocycles. The molecule has 0 amide bonds. The van der Waals surface area contributed by atoms with Crippen LogP contribution in [-0.2, 0) is 0 Å². The Kier molecular flexibility index (Phi) is 3.89. The number of rotatable bonds is 2. The topological polar surface area (TPSA) is 43.1 Å². The number of hydrogen-bond acceptors (Lipinski definition) is 3. The SMILES string of the molecule is Brc1ccccc1-c1nc2nc(-c3ccccc3)c3ccc4ccccc4c3n2n1. The lowest BCUT2D eigenvalue weighted by Crippen LogP contribution is -1.98. The molecular weight excluding hydrogens is 436 g/mol. The van der Waals surface area contributed by atoms with Crippen LogP contribution >= 0.6 is 15.9 Å². The molecule has 0 unspecified atom stereocenters. The first-order valence-corrected chi connectivity index (χ1v) is 10.5. The van der Waals surface area contributed by atoms with Gasteiger partial charge in [-0.25, -0.2) is 4.98 Å². The predicted molar refractivity (Wildman–Crippen MR) is 124 cm³/mol. The molecule has 0 saturated carbocycles. The van der Waals surface area contributed by atoms with Crippen molar-refractivity contribution in [1.29, 1.82) is 0 Å². The number of benzene rings is 4. The highest BCUT2D eigenvalue weighted by molar-refractivity contribution is 9.10. The van der Waals surface area contributed by atoms with E-state index in [1.54, 1.807) is 0 Å². The van der Waals surface area contributed by atoms with Gasteiger partial charge in [0.15, 0.2) is 5.82 Å². The molecule has 142 valence electrons. The molecule has 0 aliphatic heterocycles. The zero-order valence-electron chi connectivity index (χ0n) is 15.8. The van der Waals surface area contributed by atoms with Gasteiger partial charge in [-0.2, -0.15) is 9.50 Å².